The van der Waals surface area contributed by atoms with Crippen LogP contribution < -0.4 is 5.32 Å². The van der Waals surface area contributed by atoms with Crippen molar-refractivity contribution >= 4 is 11.8 Å². The van der Waals surface area contributed by atoms with Gasteiger partial charge in [-0.2, -0.15) is 0 Å². The van der Waals surface area contributed by atoms with E-state index in [-0.39, 0.29) is 0 Å². The van der Waals surface area contributed by atoms with Crippen LogP contribution in [0.25, 0.3) is 0 Å². The third kappa shape index (κ3) is 4.12. The highest BCUT2D eigenvalue weighted by Crippen LogP contribution is 2.24. The SMILES string of the molecule is CNC(C)c1ccc(SCc2ccc(C)cc2)cc1. The molecule has 2 rings (SSSR count). The number of benzene rings is 2. The molecule has 2 aromatic carbocycles. The zero-order valence-corrected chi connectivity index (χ0v) is 12.6. The van der Waals surface area contributed by atoms with Gasteiger partial charge in [-0.3, -0.25) is 0 Å². The maximum Gasteiger partial charge on any atom is 0.0289 e. The summed E-state index contributed by atoms with van der Waals surface area (Å²) in [6.07, 6.45) is 0. The van der Waals surface area contributed by atoms with E-state index < -0.39 is 0 Å². The van der Waals surface area contributed by atoms with Gasteiger partial charge in [0.2, 0.25) is 0 Å². The molecule has 100 valence electrons. The Kier molecular flexibility index (Phi) is 5.06. The van der Waals surface area contributed by atoms with E-state index >= 15 is 0 Å². The van der Waals surface area contributed by atoms with Gasteiger partial charge in [0, 0.05) is 16.7 Å². The molecule has 1 N–H and O–H groups in total. The lowest BCUT2D eigenvalue weighted by Gasteiger charge is -2.11. The Labute approximate surface area is 120 Å². The van der Waals surface area contributed by atoms with Crippen molar-refractivity contribution < 1.29 is 0 Å². The van der Waals surface area contributed by atoms with Crippen molar-refractivity contribution in [3.05, 3.63) is 65.2 Å². The summed E-state index contributed by atoms with van der Waals surface area (Å²) in [5.74, 6) is 1.03. The minimum Gasteiger partial charge on any atom is -0.313 e. The fourth-order valence-corrected chi connectivity index (χ4v) is 2.72. The molecule has 0 fully saturated rings. The lowest BCUT2D eigenvalue weighted by molar-refractivity contribution is 0.652. The van der Waals surface area contributed by atoms with Crippen LogP contribution in [0.3, 0.4) is 0 Å². The van der Waals surface area contributed by atoms with Crippen molar-refractivity contribution in [2.24, 2.45) is 0 Å². The highest BCUT2D eigenvalue weighted by atomic mass is 32.2. The van der Waals surface area contributed by atoms with Crippen LogP contribution in [0, 0.1) is 6.92 Å². The second kappa shape index (κ2) is 6.78. The number of rotatable bonds is 5. The topological polar surface area (TPSA) is 12.0 Å². The van der Waals surface area contributed by atoms with Crippen LogP contribution in [0.5, 0.6) is 0 Å². The molecule has 0 saturated heterocycles. The van der Waals surface area contributed by atoms with E-state index in [4.69, 9.17) is 0 Å². The summed E-state index contributed by atoms with van der Waals surface area (Å²) in [7, 11) is 1.99. The molecule has 0 spiro atoms. The van der Waals surface area contributed by atoms with Crippen LogP contribution in [0.4, 0.5) is 0 Å². The normalized spacial score (nSPS) is 12.4. The van der Waals surface area contributed by atoms with Gasteiger partial charge in [0.25, 0.3) is 0 Å². The number of thioether (sulfide) groups is 1. The molecule has 0 saturated carbocycles. The molecular weight excluding hydrogens is 250 g/mol. The average Bonchev–Trinajstić information content (AvgIpc) is 2.46. The van der Waals surface area contributed by atoms with Gasteiger partial charge in [-0.25, -0.2) is 0 Å². The smallest absolute Gasteiger partial charge is 0.0289 e. The number of hydrogen-bond acceptors (Lipinski definition) is 2. The molecule has 0 aliphatic rings. The highest BCUT2D eigenvalue weighted by molar-refractivity contribution is 7.98. The van der Waals surface area contributed by atoms with Gasteiger partial charge in [-0.15, -0.1) is 11.8 Å². The van der Waals surface area contributed by atoms with Gasteiger partial charge in [0.15, 0.2) is 0 Å². The molecule has 2 heteroatoms. The van der Waals surface area contributed by atoms with Crippen LogP contribution in [-0.2, 0) is 5.75 Å². The van der Waals surface area contributed by atoms with Gasteiger partial charge in [0.05, 0.1) is 0 Å². The van der Waals surface area contributed by atoms with Gasteiger partial charge < -0.3 is 5.32 Å². The molecular formula is C17H21NS. The largest absolute Gasteiger partial charge is 0.313 e. The second-order valence-electron chi connectivity index (χ2n) is 4.85. The van der Waals surface area contributed by atoms with Crippen molar-refractivity contribution in [3.8, 4) is 0 Å². The van der Waals surface area contributed by atoms with Crippen molar-refractivity contribution in [2.75, 3.05) is 7.05 Å². The average molecular weight is 271 g/mol. The van der Waals surface area contributed by atoms with Crippen molar-refractivity contribution in [3.63, 3.8) is 0 Å². The number of nitrogens with one attached hydrogen (secondary N) is 1. The van der Waals surface area contributed by atoms with Crippen LogP contribution >= 0.6 is 11.8 Å². The van der Waals surface area contributed by atoms with Crippen molar-refractivity contribution in [1.82, 2.24) is 5.32 Å². The molecule has 1 atom stereocenters. The van der Waals surface area contributed by atoms with Gasteiger partial charge >= 0.3 is 0 Å². The first-order chi connectivity index (χ1) is 9.19. The predicted octanol–water partition coefficient (Wildman–Crippen LogP) is 4.57. The Morgan fingerprint density at radius 2 is 1.63 bits per heavy atom. The molecule has 1 unspecified atom stereocenters. The first kappa shape index (κ1) is 14.2. The monoisotopic (exact) mass is 271 g/mol. The maximum atomic E-state index is 3.26. The van der Waals surface area contributed by atoms with E-state index in [9.17, 15) is 0 Å². The molecule has 0 bridgehead atoms. The minimum absolute atomic E-state index is 0.413. The second-order valence-corrected chi connectivity index (χ2v) is 5.90. The van der Waals surface area contributed by atoms with Gasteiger partial charge in [-0.05, 0) is 44.2 Å². The molecule has 0 aliphatic heterocycles. The van der Waals surface area contributed by atoms with Crippen LogP contribution in [0.2, 0.25) is 0 Å². The summed E-state index contributed by atoms with van der Waals surface area (Å²) >= 11 is 1.89. The lowest BCUT2D eigenvalue weighted by Crippen LogP contribution is -2.11. The Balaban J connectivity index is 1.94. The molecule has 1 nitrogen and oxygen atoms in total. The first-order valence-corrected chi connectivity index (χ1v) is 7.63. The zero-order valence-electron chi connectivity index (χ0n) is 11.8. The number of aryl methyl sites for hydroxylation is 1. The molecule has 0 aliphatic carbocycles. The van der Waals surface area contributed by atoms with E-state index in [1.165, 1.54) is 21.6 Å². The predicted molar refractivity (Wildman–Crippen MR) is 84.7 cm³/mol. The summed E-state index contributed by atoms with van der Waals surface area (Å²) < 4.78 is 0. The molecule has 0 amide bonds. The van der Waals surface area contributed by atoms with E-state index in [1.54, 1.807) is 0 Å². The van der Waals surface area contributed by atoms with Crippen LogP contribution in [0.1, 0.15) is 29.7 Å². The summed E-state index contributed by atoms with van der Waals surface area (Å²) in [5.41, 5.74) is 4.03. The van der Waals surface area contributed by atoms with Crippen molar-refractivity contribution in [1.29, 1.82) is 0 Å². The van der Waals surface area contributed by atoms with Gasteiger partial charge in [-0.1, -0.05) is 42.0 Å². The molecule has 19 heavy (non-hydrogen) atoms. The third-order valence-electron chi connectivity index (χ3n) is 3.34. The Hall–Kier alpha value is -1.25. The molecule has 0 radical (unpaired) electrons. The number of hydrogen-bond donors (Lipinski definition) is 1. The molecule has 2 aromatic rings. The van der Waals surface area contributed by atoms with E-state index in [1.807, 2.05) is 18.8 Å². The van der Waals surface area contributed by atoms with Crippen LogP contribution in [0.15, 0.2) is 53.4 Å². The fourth-order valence-electron chi connectivity index (χ4n) is 1.87. The summed E-state index contributed by atoms with van der Waals surface area (Å²) in [6, 6.07) is 18.0. The Bertz CT molecular complexity index is 502. The zero-order chi connectivity index (χ0) is 13.7. The van der Waals surface area contributed by atoms with E-state index in [2.05, 4.69) is 67.7 Å². The minimum atomic E-state index is 0.413. The molecule has 0 aromatic heterocycles. The summed E-state index contributed by atoms with van der Waals surface area (Å²) in [5, 5.41) is 3.26. The fraction of sp³-hybridized carbons (Fsp3) is 0.294. The van der Waals surface area contributed by atoms with Crippen molar-refractivity contribution in [2.45, 2.75) is 30.5 Å². The standard InChI is InChI=1S/C17H21NS/c1-13-4-6-15(7-5-13)12-19-17-10-8-16(9-11-17)14(2)18-3/h4-11,14,18H,12H2,1-3H3. The highest BCUT2D eigenvalue weighted by Gasteiger charge is 2.02. The van der Waals surface area contributed by atoms with E-state index in [0.717, 1.165) is 5.75 Å². The third-order valence-corrected chi connectivity index (χ3v) is 4.42. The van der Waals surface area contributed by atoms with Crippen LogP contribution in [-0.4, -0.2) is 7.05 Å². The lowest BCUT2D eigenvalue weighted by atomic mass is 10.1. The Morgan fingerprint density at radius 1 is 1.00 bits per heavy atom. The Morgan fingerprint density at radius 3 is 2.21 bits per heavy atom. The molecule has 0 heterocycles. The summed E-state index contributed by atoms with van der Waals surface area (Å²) in [4.78, 5) is 1.33. The van der Waals surface area contributed by atoms with Gasteiger partial charge in [0.1, 0.15) is 0 Å². The first-order valence-electron chi connectivity index (χ1n) is 6.64. The summed E-state index contributed by atoms with van der Waals surface area (Å²) in [6.45, 7) is 4.30. The maximum absolute atomic E-state index is 3.26. The van der Waals surface area contributed by atoms with E-state index in [0.29, 0.717) is 6.04 Å². The quantitative estimate of drug-likeness (QED) is 0.800.